The molecule has 150 valence electrons. The van der Waals surface area contributed by atoms with Crippen molar-refractivity contribution in [2.75, 3.05) is 32.8 Å². The third-order valence-electron chi connectivity index (χ3n) is 5.41. The predicted molar refractivity (Wildman–Crippen MR) is 115 cm³/mol. The molecule has 2 aromatic rings. The smallest absolute Gasteiger partial charge is 0.162 e. The number of carbonyl (C=O) groups is 1. The Morgan fingerprint density at radius 1 is 0.893 bits per heavy atom. The number of ketones is 1. The fourth-order valence-corrected chi connectivity index (χ4v) is 3.87. The Morgan fingerprint density at radius 3 is 2.21 bits per heavy atom. The van der Waals surface area contributed by atoms with Gasteiger partial charge < -0.3 is 4.74 Å². The Bertz CT molecular complexity index is 739. The maximum Gasteiger partial charge on any atom is 0.162 e. The van der Waals surface area contributed by atoms with Gasteiger partial charge in [0.25, 0.3) is 0 Å². The van der Waals surface area contributed by atoms with Crippen molar-refractivity contribution in [1.29, 1.82) is 0 Å². The number of halogens is 1. The van der Waals surface area contributed by atoms with Crippen molar-refractivity contribution in [3.63, 3.8) is 0 Å². The fourth-order valence-electron chi connectivity index (χ4n) is 3.74. The van der Waals surface area contributed by atoms with Crippen molar-refractivity contribution in [2.45, 2.75) is 38.5 Å². The molecule has 4 heteroatoms. The summed E-state index contributed by atoms with van der Waals surface area (Å²) in [4.78, 5) is 14.8. The van der Waals surface area contributed by atoms with E-state index >= 15 is 0 Å². The number of rotatable bonds is 10. The summed E-state index contributed by atoms with van der Waals surface area (Å²) < 4.78 is 5.42. The molecule has 0 unspecified atom stereocenters. The number of nitrogens with zero attached hydrogens (tertiary/aromatic N) is 1. The van der Waals surface area contributed by atoms with E-state index in [-0.39, 0.29) is 5.78 Å². The highest BCUT2D eigenvalue weighted by Gasteiger charge is 2.10. The summed E-state index contributed by atoms with van der Waals surface area (Å²) in [6.07, 6.45) is 5.91. The zero-order chi connectivity index (χ0) is 19.6. The van der Waals surface area contributed by atoms with Crippen LogP contribution in [0.5, 0.6) is 0 Å². The highest BCUT2D eigenvalue weighted by Crippen LogP contribution is 2.17. The Labute approximate surface area is 173 Å². The Morgan fingerprint density at radius 2 is 1.54 bits per heavy atom. The van der Waals surface area contributed by atoms with Crippen molar-refractivity contribution >= 4 is 17.4 Å². The van der Waals surface area contributed by atoms with Gasteiger partial charge in [-0.2, -0.15) is 0 Å². The zero-order valence-electron chi connectivity index (χ0n) is 16.5. The van der Waals surface area contributed by atoms with Gasteiger partial charge in [-0.3, -0.25) is 9.69 Å². The molecular formula is C24H30ClNO2. The Hall–Kier alpha value is -1.68. The number of hydrogen-bond acceptors (Lipinski definition) is 3. The molecule has 0 bridgehead atoms. The van der Waals surface area contributed by atoms with Crippen LogP contribution in [0.1, 0.15) is 47.2 Å². The topological polar surface area (TPSA) is 29.5 Å². The van der Waals surface area contributed by atoms with Crippen molar-refractivity contribution in [3.05, 3.63) is 70.2 Å². The lowest BCUT2D eigenvalue weighted by molar-refractivity contribution is 0.0374. The largest absolute Gasteiger partial charge is 0.379 e. The van der Waals surface area contributed by atoms with Crippen LogP contribution < -0.4 is 0 Å². The summed E-state index contributed by atoms with van der Waals surface area (Å²) in [5.41, 5.74) is 3.65. The van der Waals surface area contributed by atoms with Crippen molar-refractivity contribution in [1.82, 2.24) is 4.90 Å². The first kappa shape index (κ1) is 21.0. The highest BCUT2D eigenvalue weighted by atomic mass is 35.5. The number of hydrogen-bond donors (Lipinski definition) is 0. The van der Waals surface area contributed by atoms with Crippen LogP contribution in [0.4, 0.5) is 0 Å². The van der Waals surface area contributed by atoms with Crippen LogP contribution in [0.2, 0.25) is 5.02 Å². The summed E-state index contributed by atoms with van der Waals surface area (Å²) in [7, 11) is 0. The summed E-state index contributed by atoms with van der Waals surface area (Å²) in [6, 6.07) is 15.9. The van der Waals surface area contributed by atoms with Gasteiger partial charge in [0, 0.05) is 30.1 Å². The average Bonchev–Trinajstić information content (AvgIpc) is 2.73. The maximum atomic E-state index is 12.3. The van der Waals surface area contributed by atoms with Gasteiger partial charge in [-0.05, 0) is 74.0 Å². The Balaban J connectivity index is 1.40. The molecule has 28 heavy (non-hydrogen) atoms. The zero-order valence-corrected chi connectivity index (χ0v) is 17.3. The van der Waals surface area contributed by atoms with Crippen LogP contribution >= 0.6 is 11.6 Å². The number of ether oxygens (including phenoxy) is 1. The maximum absolute atomic E-state index is 12.3. The van der Waals surface area contributed by atoms with Gasteiger partial charge in [0.15, 0.2) is 5.78 Å². The van der Waals surface area contributed by atoms with Crippen molar-refractivity contribution in [2.24, 2.45) is 0 Å². The number of carbonyl (C=O) groups excluding carboxylic acids is 1. The van der Waals surface area contributed by atoms with E-state index in [9.17, 15) is 4.79 Å². The molecule has 1 heterocycles. The first-order valence-electron chi connectivity index (χ1n) is 10.4. The lowest BCUT2D eigenvalue weighted by atomic mass is 9.97. The van der Waals surface area contributed by atoms with Gasteiger partial charge in [-0.25, -0.2) is 0 Å². The second kappa shape index (κ2) is 11.4. The molecule has 0 aliphatic carbocycles. The molecule has 1 aliphatic heterocycles. The van der Waals surface area contributed by atoms with Crippen molar-refractivity contribution < 1.29 is 9.53 Å². The van der Waals surface area contributed by atoms with Crippen LogP contribution in [0.15, 0.2) is 48.5 Å². The van der Waals surface area contributed by atoms with Crippen molar-refractivity contribution in [3.8, 4) is 0 Å². The number of Topliss-reactive ketones (excluding diaryl/α,β-unsaturated/α-hetero) is 1. The van der Waals surface area contributed by atoms with Crippen LogP contribution in [0.25, 0.3) is 0 Å². The van der Waals surface area contributed by atoms with E-state index in [1.54, 1.807) is 12.1 Å². The summed E-state index contributed by atoms with van der Waals surface area (Å²) in [5, 5.41) is 0.668. The molecule has 0 spiro atoms. The molecule has 3 rings (SSSR count). The second-order valence-corrected chi connectivity index (χ2v) is 7.90. The molecule has 3 nitrogen and oxygen atoms in total. The second-order valence-electron chi connectivity index (χ2n) is 7.46. The third kappa shape index (κ3) is 6.73. The fraction of sp³-hybridized carbons (Fsp3) is 0.458. The normalized spacial score (nSPS) is 14.9. The third-order valence-corrected chi connectivity index (χ3v) is 5.66. The number of unbranched alkanes of at least 4 members (excludes halogenated alkanes) is 1. The minimum absolute atomic E-state index is 0.204. The van der Waals surface area contributed by atoms with E-state index in [1.807, 2.05) is 12.1 Å². The molecule has 0 radical (unpaired) electrons. The van der Waals surface area contributed by atoms with E-state index < -0.39 is 0 Å². The summed E-state index contributed by atoms with van der Waals surface area (Å²) in [6.45, 7) is 5.00. The van der Waals surface area contributed by atoms with Crippen LogP contribution in [0.3, 0.4) is 0 Å². The lowest BCUT2D eigenvalue weighted by Crippen LogP contribution is -2.36. The first-order chi connectivity index (χ1) is 13.7. The number of benzene rings is 2. The van der Waals surface area contributed by atoms with Crippen LogP contribution in [-0.4, -0.2) is 43.5 Å². The molecule has 1 saturated heterocycles. The number of aryl methyl sites for hydroxylation is 2. The first-order valence-corrected chi connectivity index (χ1v) is 10.8. The molecule has 0 aromatic heterocycles. The highest BCUT2D eigenvalue weighted by molar-refractivity contribution is 6.30. The van der Waals surface area contributed by atoms with E-state index in [4.69, 9.17) is 16.3 Å². The van der Waals surface area contributed by atoms with E-state index in [0.717, 1.165) is 64.1 Å². The van der Waals surface area contributed by atoms with E-state index in [0.29, 0.717) is 11.4 Å². The molecule has 0 N–H and O–H groups in total. The molecular weight excluding hydrogens is 370 g/mol. The summed E-state index contributed by atoms with van der Waals surface area (Å²) >= 11 is 5.89. The van der Waals surface area contributed by atoms with Crippen LogP contribution in [0, 0.1) is 0 Å². The molecule has 2 aromatic carbocycles. The van der Waals surface area contributed by atoms with Crippen LogP contribution in [-0.2, 0) is 17.6 Å². The van der Waals surface area contributed by atoms with Gasteiger partial charge in [-0.15, -0.1) is 0 Å². The molecule has 1 fully saturated rings. The molecule has 0 amide bonds. The minimum Gasteiger partial charge on any atom is -0.379 e. The van der Waals surface area contributed by atoms with Gasteiger partial charge in [0.05, 0.1) is 13.2 Å². The lowest BCUT2D eigenvalue weighted by Gasteiger charge is -2.26. The molecule has 1 aliphatic rings. The molecule has 0 saturated carbocycles. The average molecular weight is 400 g/mol. The number of morpholine rings is 1. The molecule has 0 atom stereocenters. The monoisotopic (exact) mass is 399 g/mol. The standard InChI is InChI=1S/C24H30ClNO2/c25-23-13-11-22(12-14-23)24(27)10-4-3-8-20-6-1-2-7-21(20)9-5-15-26-16-18-28-19-17-26/h1-2,6-7,11-14H,3-5,8-10,15-19H2. The Kier molecular flexibility index (Phi) is 8.53. The summed E-state index contributed by atoms with van der Waals surface area (Å²) in [5.74, 6) is 0.204. The van der Waals surface area contributed by atoms with Gasteiger partial charge in [-0.1, -0.05) is 35.9 Å². The van der Waals surface area contributed by atoms with E-state index in [1.165, 1.54) is 17.5 Å². The SMILES string of the molecule is O=C(CCCCc1ccccc1CCCN1CCOCC1)c1ccc(Cl)cc1. The minimum atomic E-state index is 0.204. The van der Waals surface area contributed by atoms with Gasteiger partial charge >= 0.3 is 0 Å². The van der Waals surface area contributed by atoms with E-state index in [2.05, 4.69) is 29.2 Å². The quantitative estimate of drug-likeness (QED) is 0.406. The van der Waals surface area contributed by atoms with Gasteiger partial charge in [0.1, 0.15) is 0 Å². The predicted octanol–water partition coefficient (Wildman–Crippen LogP) is 5.20. The van der Waals surface area contributed by atoms with Gasteiger partial charge in [0.2, 0.25) is 0 Å².